The number of benzene rings is 2. The number of terminal acetylenes is 1. The number of carbonyl (C=O) groups excluding carboxylic acids is 1. The molecule has 0 unspecified atom stereocenters. The molecule has 8 nitrogen and oxygen atoms in total. The number of nitrogens with zero attached hydrogens (tertiary/aromatic N) is 3. The Kier molecular flexibility index (Phi) is 9.68. The molecule has 3 aromatic rings. The molecule has 1 amide bonds. The minimum Gasteiger partial charge on any atom is -0.486 e. The topological polar surface area (TPSA) is 88.6 Å². The fraction of sp³-hybridized carbons (Fsp3) is 0.367. The summed E-state index contributed by atoms with van der Waals surface area (Å²) >= 11 is 0. The van der Waals surface area contributed by atoms with Gasteiger partial charge >= 0.3 is 0 Å². The summed E-state index contributed by atoms with van der Waals surface area (Å²) in [6, 6.07) is 11.2. The van der Waals surface area contributed by atoms with Crippen molar-refractivity contribution < 1.29 is 14.3 Å². The Morgan fingerprint density at radius 3 is 2.82 bits per heavy atom. The van der Waals surface area contributed by atoms with Crippen LogP contribution in [0.4, 0.5) is 17.2 Å². The molecule has 198 valence electrons. The van der Waals surface area contributed by atoms with Crippen LogP contribution in [0, 0.1) is 12.3 Å². The maximum absolute atomic E-state index is 12.9. The van der Waals surface area contributed by atoms with Gasteiger partial charge in [-0.1, -0.05) is 31.9 Å². The fourth-order valence-corrected chi connectivity index (χ4v) is 4.40. The van der Waals surface area contributed by atoms with Gasteiger partial charge < -0.3 is 20.1 Å². The first-order chi connectivity index (χ1) is 18.6. The average molecular weight is 514 g/mol. The van der Waals surface area contributed by atoms with Crippen molar-refractivity contribution in [2.24, 2.45) is 0 Å². The van der Waals surface area contributed by atoms with Crippen LogP contribution in [-0.2, 0) is 9.53 Å². The molecule has 1 saturated heterocycles. The van der Waals surface area contributed by atoms with Gasteiger partial charge in [-0.25, -0.2) is 9.97 Å². The van der Waals surface area contributed by atoms with Gasteiger partial charge in [-0.2, -0.15) is 0 Å². The molecule has 38 heavy (non-hydrogen) atoms. The molecule has 0 spiro atoms. The Balaban J connectivity index is 1.61. The molecule has 1 aliphatic rings. The molecule has 1 aromatic heterocycles. The molecule has 1 atom stereocenters. The van der Waals surface area contributed by atoms with E-state index in [-0.39, 0.29) is 12.0 Å². The highest BCUT2D eigenvalue weighted by Gasteiger charge is 2.20. The number of nitrogens with one attached hydrogen (secondary N) is 2. The van der Waals surface area contributed by atoms with E-state index in [2.05, 4.69) is 45.3 Å². The summed E-state index contributed by atoms with van der Waals surface area (Å²) in [5, 5.41) is 7.07. The van der Waals surface area contributed by atoms with Crippen molar-refractivity contribution >= 4 is 34.0 Å². The summed E-state index contributed by atoms with van der Waals surface area (Å²) < 4.78 is 11.7. The summed E-state index contributed by atoms with van der Waals surface area (Å²) in [6.45, 7) is 8.23. The molecule has 1 fully saturated rings. The highest BCUT2D eigenvalue weighted by molar-refractivity contribution is 6.03. The van der Waals surface area contributed by atoms with Gasteiger partial charge in [0.1, 0.15) is 24.0 Å². The van der Waals surface area contributed by atoms with Crippen LogP contribution in [0.1, 0.15) is 38.7 Å². The van der Waals surface area contributed by atoms with E-state index >= 15 is 0 Å². The Hall–Kier alpha value is -3.93. The molecule has 0 radical (unpaired) electrons. The minimum atomic E-state index is -0.224. The first-order valence-corrected chi connectivity index (χ1v) is 13.2. The second-order valence-electron chi connectivity index (χ2n) is 9.23. The van der Waals surface area contributed by atoms with Crippen LogP contribution in [0.5, 0.6) is 5.75 Å². The van der Waals surface area contributed by atoms with E-state index < -0.39 is 0 Å². The van der Waals surface area contributed by atoms with E-state index in [9.17, 15) is 4.79 Å². The molecular weight excluding hydrogens is 478 g/mol. The molecule has 0 saturated carbocycles. The number of ether oxygens (including phenoxy) is 2. The van der Waals surface area contributed by atoms with E-state index in [4.69, 9.17) is 15.9 Å². The first-order valence-electron chi connectivity index (χ1n) is 13.2. The van der Waals surface area contributed by atoms with Crippen LogP contribution in [0.25, 0.3) is 10.9 Å². The zero-order valence-electron chi connectivity index (χ0n) is 22.1. The number of aromatic nitrogens is 2. The van der Waals surface area contributed by atoms with Crippen LogP contribution in [0.3, 0.4) is 0 Å². The second kappa shape index (κ2) is 13.6. The summed E-state index contributed by atoms with van der Waals surface area (Å²) in [6.07, 6.45) is 13.4. The predicted octanol–water partition coefficient (Wildman–Crippen LogP) is 5.14. The molecule has 4 rings (SSSR count). The van der Waals surface area contributed by atoms with Crippen molar-refractivity contribution in [2.75, 3.05) is 43.5 Å². The largest absolute Gasteiger partial charge is 0.486 e. The zero-order valence-corrected chi connectivity index (χ0v) is 22.1. The smallest absolute Gasteiger partial charge is 0.248 e. The van der Waals surface area contributed by atoms with Crippen LogP contribution in [-0.4, -0.2) is 59.7 Å². The van der Waals surface area contributed by atoms with E-state index in [1.54, 1.807) is 6.08 Å². The van der Waals surface area contributed by atoms with Gasteiger partial charge in [0.05, 0.1) is 24.4 Å². The van der Waals surface area contributed by atoms with Crippen LogP contribution in [0.15, 0.2) is 54.9 Å². The highest BCUT2D eigenvalue weighted by Crippen LogP contribution is 2.34. The molecular formula is C30H35N5O3. The predicted molar refractivity (Wildman–Crippen MR) is 152 cm³/mol. The van der Waals surface area contributed by atoms with E-state index in [0.29, 0.717) is 36.0 Å². The van der Waals surface area contributed by atoms with Gasteiger partial charge in [0.15, 0.2) is 0 Å². The molecule has 8 heteroatoms. The number of hydrogen-bond acceptors (Lipinski definition) is 7. The normalized spacial score (nSPS) is 15.2. The lowest BCUT2D eigenvalue weighted by Gasteiger charge is -2.19. The Morgan fingerprint density at radius 1 is 1.24 bits per heavy atom. The Bertz CT molecular complexity index is 1300. The van der Waals surface area contributed by atoms with Crippen molar-refractivity contribution in [3.8, 4) is 18.1 Å². The van der Waals surface area contributed by atoms with Crippen LogP contribution in [0.2, 0.25) is 0 Å². The van der Waals surface area contributed by atoms with Gasteiger partial charge in [-0.3, -0.25) is 9.69 Å². The van der Waals surface area contributed by atoms with Gasteiger partial charge in [0.25, 0.3) is 0 Å². The van der Waals surface area contributed by atoms with Crippen LogP contribution < -0.4 is 15.4 Å². The van der Waals surface area contributed by atoms with Crippen LogP contribution >= 0.6 is 0 Å². The van der Waals surface area contributed by atoms with Gasteiger partial charge in [-0.05, 0) is 50.2 Å². The van der Waals surface area contributed by atoms with E-state index in [1.807, 2.05) is 42.5 Å². The lowest BCUT2D eigenvalue weighted by molar-refractivity contribution is -0.111. The third-order valence-electron chi connectivity index (χ3n) is 6.18. The molecule has 0 aliphatic carbocycles. The van der Waals surface area contributed by atoms with Crippen molar-refractivity contribution in [2.45, 2.75) is 39.2 Å². The lowest BCUT2D eigenvalue weighted by Crippen LogP contribution is -2.25. The zero-order chi connectivity index (χ0) is 26.7. The number of carbonyl (C=O) groups is 1. The number of hydrogen-bond donors (Lipinski definition) is 2. The third-order valence-corrected chi connectivity index (χ3v) is 6.18. The monoisotopic (exact) mass is 513 g/mol. The first kappa shape index (κ1) is 27.1. The van der Waals surface area contributed by atoms with Gasteiger partial charge in [0.2, 0.25) is 5.91 Å². The Morgan fingerprint density at radius 2 is 2.08 bits per heavy atom. The lowest BCUT2D eigenvalue weighted by atomic mass is 10.1. The standard InChI is InChI=1S/C30H35N5O3/c1-4-13-35(14-5-2)15-8-11-29(36)34-27-18-25-26(19-28(27)38-24-12-16-37-20-24)31-21-32-30(25)33-23-10-7-9-22(6-3)17-23/h3,7-11,17-19,21,24H,4-5,12-16,20H2,1-2H3,(H,34,36)(H,31,32,33)/b11-8+/t24-/m1/s1. The third kappa shape index (κ3) is 7.31. The minimum absolute atomic E-state index is 0.0822. The molecule has 1 aliphatic heterocycles. The van der Waals surface area contributed by atoms with E-state index in [1.165, 1.54) is 6.33 Å². The SMILES string of the molecule is C#Cc1cccc(Nc2ncnc3cc(O[C@@H]4CCOC4)c(NC(=O)/C=C/CN(CCC)CCC)cc23)c1. The number of amides is 1. The quantitative estimate of drug-likeness (QED) is 0.256. The highest BCUT2D eigenvalue weighted by atomic mass is 16.5. The van der Waals surface area contributed by atoms with Gasteiger partial charge in [0, 0.05) is 41.7 Å². The van der Waals surface area contributed by atoms with Crippen molar-refractivity contribution in [1.82, 2.24) is 14.9 Å². The number of anilines is 3. The number of rotatable bonds is 12. The van der Waals surface area contributed by atoms with Gasteiger partial charge in [-0.15, -0.1) is 6.42 Å². The molecule has 2 aromatic carbocycles. The fourth-order valence-electron chi connectivity index (χ4n) is 4.40. The summed E-state index contributed by atoms with van der Waals surface area (Å²) in [5.74, 6) is 3.57. The molecule has 2 N–H and O–H groups in total. The Labute approximate surface area is 224 Å². The maximum Gasteiger partial charge on any atom is 0.248 e. The molecule has 0 bridgehead atoms. The van der Waals surface area contributed by atoms with Crippen molar-refractivity contribution in [3.05, 3.63) is 60.4 Å². The summed E-state index contributed by atoms with van der Waals surface area (Å²) in [5.41, 5.74) is 2.81. The molecule has 2 heterocycles. The van der Waals surface area contributed by atoms with E-state index in [0.717, 1.165) is 55.5 Å². The second-order valence-corrected chi connectivity index (χ2v) is 9.23. The number of fused-ring (bicyclic) bond motifs is 1. The summed E-state index contributed by atoms with van der Waals surface area (Å²) in [4.78, 5) is 24.1. The van der Waals surface area contributed by atoms with Crippen molar-refractivity contribution in [3.63, 3.8) is 0 Å². The summed E-state index contributed by atoms with van der Waals surface area (Å²) in [7, 11) is 0. The average Bonchev–Trinajstić information content (AvgIpc) is 3.43. The van der Waals surface area contributed by atoms with Crippen molar-refractivity contribution in [1.29, 1.82) is 0 Å². The maximum atomic E-state index is 12.9.